The van der Waals surface area contributed by atoms with Crippen LogP contribution in [0.5, 0.6) is 0 Å². The Balaban J connectivity index is 4.23. The van der Waals surface area contributed by atoms with Crippen LogP contribution in [0.1, 0.15) is 355 Å². The van der Waals surface area contributed by atoms with Crippen molar-refractivity contribution in [3.63, 3.8) is 0 Å². The molecule has 0 fully saturated rings. The maximum absolute atomic E-state index is 12.9. The Morgan fingerprint density at radius 2 is 0.468 bits per heavy atom. The molecule has 0 aliphatic heterocycles. The highest BCUT2D eigenvalue weighted by atomic mass is 16.6. The van der Waals surface area contributed by atoms with E-state index in [4.69, 9.17) is 14.2 Å². The van der Waals surface area contributed by atoms with Gasteiger partial charge in [-0.05, 0) is 89.9 Å². The monoisotopic (exact) mass is 1080 g/mol. The maximum Gasteiger partial charge on any atom is 0.306 e. The van der Waals surface area contributed by atoms with Crippen LogP contribution >= 0.6 is 0 Å². The van der Waals surface area contributed by atoms with Crippen molar-refractivity contribution in [3.05, 3.63) is 60.8 Å². The number of rotatable bonds is 62. The van der Waals surface area contributed by atoms with Crippen molar-refractivity contribution in [1.29, 1.82) is 0 Å². The molecule has 0 aromatic heterocycles. The first-order valence-corrected chi connectivity index (χ1v) is 33.8. The first-order valence-electron chi connectivity index (χ1n) is 33.8. The summed E-state index contributed by atoms with van der Waals surface area (Å²) in [5, 5.41) is 0. The Kier molecular flexibility index (Phi) is 63.2. The van der Waals surface area contributed by atoms with Gasteiger partial charge in [0, 0.05) is 19.3 Å². The molecule has 0 amide bonds. The molecule has 1 unspecified atom stereocenters. The second-order valence-electron chi connectivity index (χ2n) is 22.7. The van der Waals surface area contributed by atoms with Gasteiger partial charge in [-0.15, -0.1) is 0 Å². The minimum atomic E-state index is -0.780. The predicted octanol–water partition coefficient (Wildman–Crippen LogP) is 23.1. The van der Waals surface area contributed by atoms with Crippen molar-refractivity contribution >= 4 is 17.9 Å². The van der Waals surface area contributed by atoms with Crippen LogP contribution in [0.25, 0.3) is 0 Å². The van der Waals surface area contributed by atoms with Gasteiger partial charge in [0.05, 0.1) is 0 Å². The van der Waals surface area contributed by atoms with Crippen molar-refractivity contribution in [1.82, 2.24) is 0 Å². The molecule has 0 N–H and O–H groups in total. The van der Waals surface area contributed by atoms with E-state index < -0.39 is 6.10 Å². The van der Waals surface area contributed by atoms with Crippen LogP contribution in [0.15, 0.2) is 60.8 Å². The molecule has 0 saturated heterocycles. The van der Waals surface area contributed by atoms with Crippen molar-refractivity contribution in [2.45, 2.75) is 361 Å². The lowest BCUT2D eigenvalue weighted by molar-refractivity contribution is -0.167. The molecule has 6 nitrogen and oxygen atoms in total. The van der Waals surface area contributed by atoms with Crippen molar-refractivity contribution < 1.29 is 28.6 Å². The minimum Gasteiger partial charge on any atom is -0.462 e. The molecule has 0 aromatic rings. The lowest BCUT2D eigenvalue weighted by Gasteiger charge is -2.18. The zero-order chi connectivity index (χ0) is 55.7. The first kappa shape index (κ1) is 74.1. The summed E-state index contributed by atoms with van der Waals surface area (Å²) in [5.41, 5.74) is 0. The molecule has 448 valence electrons. The topological polar surface area (TPSA) is 78.9 Å². The predicted molar refractivity (Wildman–Crippen MR) is 335 cm³/mol. The van der Waals surface area contributed by atoms with E-state index in [0.717, 1.165) is 83.5 Å². The summed E-state index contributed by atoms with van der Waals surface area (Å²) in [6.07, 6.45) is 83.8. The van der Waals surface area contributed by atoms with E-state index in [-0.39, 0.29) is 31.1 Å². The third-order valence-corrected chi connectivity index (χ3v) is 15.0. The van der Waals surface area contributed by atoms with E-state index in [1.165, 1.54) is 231 Å². The molecule has 1 atom stereocenters. The third-order valence-electron chi connectivity index (χ3n) is 15.0. The Morgan fingerprint density at radius 1 is 0.260 bits per heavy atom. The normalized spacial score (nSPS) is 12.4. The quantitative estimate of drug-likeness (QED) is 0.0261. The average molecular weight is 1080 g/mol. The lowest BCUT2D eigenvalue weighted by atomic mass is 10.0. The minimum absolute atomic E-state index is 0.0758. The third kappa shape index (κ3) is 63.8. The molecule has 77 heavy (non-hydrogen) atoms. The second kappa shape index (κ2) is 65.6. The largest absolute Gasteiger partial charge is 0.462 e. The number of unbranched alkanes of at least 4 members (excludes halogenated alkanes) is 41. The summed E-state index contributed by atoms with van der Waals surface area (Å²) in [4.78, 5) is 38.3. The van der Waals surface area contributed by atoms with Crippen LogP contribution in [0.2, 0.25) is 0 Å². The van der Waals surface area contributed by atoms with Crippen molar-refractivity contribution in [2.75, 3.05) is 13.2 Å². The molecule has 6 heteroatoms. The van der Waals surface area contributed by atoms with E-state index in [1.807, 2.05) is 0 Å². The number of carbonyl (C=O) groups excluding carboxylic acids is 3. The van der Waals surface area contributed by atoms with Crippen molar-refractivity contribution in [2.24, 2.45) is 0 Å². The fourth-order valence-corrected chi connectivity index (χ4v) is 9.89. The molecule has 0 aromatic carbocycles. The van der Waals surface area contributed by atoms with Crippen molar-refractivity contribution in [3.8, 4) is 0 Å². The summed E-state index contributed by atoms with van der Waals surface area (Å²) < 4.78 is 16.9. The van der Waals surface area contributed by atoms with Gasteiger partial charge in [-0.1, -0.05) is 306 Å². The van der Waals surface area contributed by atoms with E-state index in [0.29, 0.717) is 19.3 Å². The van der Waals surface area contributed by atoms with Gasteiger partial charge in [0.25, 0.3) is 0 Å². The Bertz CT molecular complexity index is 1380. The maximum atomic E-state index is 12.9. The van der Waals surface area contributed by atoms with Gasteiger partial charge >= 0.3 is 17.9 Å². The molecule has 0 spiro atoms. The van der Waals surface area contributed by atoms with Crippen LogP contribution in [-0.4, -0.2) is 37.2 Å². The second-order valence-corrected chi connectivity index (χ2v) is 22.7. The first-order chi connectivity index (χ1) is 38.0. The zero-order valence-corrected chi connectivity index (χ0v) is 51.5. The van der Waals surface area contributed by atoms with Gasteiger partial charge in [-0.2, -0.15) is 0 Å². The standard InChI is InChI=1S/C71H128O6/c1-4-7-10-13-16-19-22-24-26-28-30-32-33-34-35-36-37-39-40-42-44-46-49-52-55-58-61-64-70(73)76-67-68(66-75-69(72)63-60-57-54-51-48-21-18-15-12-9-6-3)77-71(74)65-62-59-56-53-50-47-45-43-41-38-31-29-27-25-23-20-17-14-11-8-5-2/h22-25,28-31,41,43,68H,4-21,26-27,32-40,42,44-67H2,1-3H3/b24-22-,25-23-,30-28-,31-29-,43-41-. The molecule has 0 saturated carbocycles. The molecule has 0 rings (SSSR count). The number of hydrogen-bond donors (Lipinski definition) is 0. The molecular weight excluding hydrogens is 949 g/mol. The highest BCUT2D eigenvalue weighted by molar-refractivity contribution is 5.71. The number of esters is 3. The van der Waals surface area contributed by atoms with E-state index in [1.54, 1.807) is 0 Å². The number of hydrogen-bond acceptors (Lipinski definition) is 6. The van der Waals surface area contributed by atoms with Crippen LogP contribution in [0.4, 0.5) is 0 Å². The van der Waals surface area contributed by atoms with E-state index in [2.05, 4.69) is 81.5 Å². The van der Waals surface area contributed by atoms with Gasteiger partial charge in [-0.3, -0.25) is 14.4 Å². The SMILES string of the molecule is CCCCCCC/C=C\C/C=C\C/C=C\CCCCCCCCC(=O)OC(COC(=O)CCCCCCCCCCCCC)COC(=O)CCCCCCCCCCCCCCCCC/C=C\C/C=C\CCCCCCC. The smallest absolute Gasteiger partial charge is 0.306 e. The fraction of sp³-hybridized carbons (Fsp3) is 0.817. The highest BCUT2D eigenvalue weighted by Gasteiger charge is 2.19. The zero-order valence-electron chi connectivity index (χ0n) is 51.5. The van der Waals surface area contributed by atoms with Crippen LogP contribution in [-0.2, 0) is 28.6 Å². The van der Waals surface area contributed by atoms with Gasteiger partial charge in [0.15, 0.2) is 6.10 Å². The van der Waals surface area contributed by atoms with Crippen LogP contribution in [0, 0.1) is 0 Å². The van der Waals surface area contributed by atoms with E-state index in [9.17, 15) is 14.4 Å². The van der Waals surface area contributed by atoms with E-state index >= 15 is 0 Å². The van der Waals surface area contributed by atoms with Gasteiger partial charge < -0.3 is 14.2 Å². The Morgan fingerprint density at radius 3 is 0.727 bits per heavy atom. The van der Waals surface area contributed by atoms with Gasteiger partial charge in [0.2, 0.25) is 0 Å². The lowest BCUT2D eigenvalue weighted by Crippen LogP contribution is -2.30. The molecule has 0 bridgehead atoms. The number of allylic oxidation sites excluding steroid dienone is 10. The summed E-state index contributed by atoms with van der Waals surface area (Å²) in [6, 6.07) is 0. The fourth-order valence-electron chi connectivity index (χ4n) is 9.89. The summed E-state index contributed by atoms with van der Waals surface area (Å²) in [5.74, 6) is -0.870. The van der Waals surface area contributed by atoms with Crippen LogP contribution < -0.4 is 0 Å². The molecular formula is C71H128O6. The molecule has 0 radical (unpaired) electrons. The Hall–Kier alpha value is -2.89. The Labute approximate surface area is 479 Å². The molecule has 0 aliphatic rings. The van der Waals surface area contributed by atoms with Gasteiger partial charge in [0.1, 0.15) is 13.2 Å². The highest BCUT2D eigenvalue weighted by Crippen LogP contribution is 2.17. The number of carbonyl (C=O) groups is 3. The summed E-state index contributed by atoms with van der Waals surface area (Å²) >= 11 is 0. The summed E-state index contributed by atoms with van der Waals surface area (Å²) in [6.45, 7) is 6.65. The number of ether oxygens (including phenoxy) is 3. The van der Waals surface area contributed by atoms with Gasteiger partial charge in [-0.25, -0.2) is 0 Å². The molecule has 0 heterocycles. The van der Waals surface area contributed by atoms with Crippen LogP contribution in [0.3, 0.4) is 0 Å². The molecule has 0 aliphatic carbocycles. The average Bonchev–Trinajstić information content (AvgIpc) is 3.43. The summed E-state index contributed by atoms with van der Waals surface area (Å²) in [7, 11) is 0.